The van der Waals surface area contributed by atoms with Gasteiger partial charge < -0.3 is 9.13 Å². The van der Waals surface area contributed by atoms with Gasteiger partial charge in [-0.3, -0.25) is 0 Å². The molecule has 0 saturated carbocycles. The van der Waals surface area contributed by atoms with Crippen LogP contribution in [0.15, 0.2) is 188 Å². The molecule has 3 heterocycles. The molecular weight excluding hydrogens is 779 g/mol. The van der Waals surface area contributed by atoms with Crippen LogP contribution in [0.25, 0.3) is 100 Å². The average Bonchev–Trinajstić information content (AvgIpc) is 3.84. The predicted molar refractivity (Wildman–Crippen MR) is 268 cm³/mol. The summed E-state index contributed by atoms with van der Waals surface area (Å²) >= 11 is 0. The Morgan fingerprint density at radius 1 is 0.344 bits per heavy atom. The third kappa shape index (κ3) is 6.67. The van der Waals surface area contributed by atoms with Crippen LogP contribution in [0.4, 0.5) is 0 Å². The van der Waals surface area contributed by atoms with Crippen LogP contribution in [0, 0.1) is 0 Å². The molecule has 0 bridgehead atoms. The topological polar surface area (TPSA) is 48.5 Å². The van der Waals surface area contributed by atoms with E-state index in [0.717, 1.165) is 55.7 Å². The van der Waals surface area contributed by atoms with Crippen LogP contribution >= 0.6 is 0 Å². The lowest BCUT2D eigenvalue weighted by Gasteiger charge is -2.21. The third-order valence-corrected chi connectivity index (χ3v) is 12.7. The lowest BCUT2D eigenvalue weighted by atomic mass is 9.86. The van der Waals surface area contributed by atoms with Gasteiger partial charge in [0.2, 0.25) is 0 Å². The van der Waals surface area contributed by atoms with Crippen molar-refractivity contribution in [2.45, 2.75) is 52.4 Å². The number of rotatable bonds is 6. The van der Waals surface area contributed by atoms with E-state index in [9.17, 15) is 0 Å². The second-order valence-corrected chi connectivity index (χ2v) is 19.0. The lowest BCUT2D eigenvalue weighted by molar-refractivity contribution is 0.591. The molecule has 3 aromatic heterocycles. The van der Waals surface area contributed by atoms with Crippen molar-refractivity contribution >= 4 is 43.6 Å². The van der Waals surface area contributed by atoms with Crippen LogP contribution in [0.1, 0.15) is 52.7 Å². The molecule has 0 saturated heterocycles. The normalized spacial score (nSPS) is 12.2. The maximum absolute atomic E-state index is 5.39. The summed E-state index contributed by atoms with van der Waals surface area (Å²) in [5, 5.41) is 4.82. The minimum absolute atomic E-state index is 0.0558. The molecule has 11 aromatic rings. The van der Waals surface area contributed by atoms with E-state index >= 15 is 0 Å². The summed E-state index contributed by atoms with van der Waals surface area (Å²) in [5.74, 6) is 1.86. The van der Waals surface area contributed by atoms with E-state index in [4.69, 9.17) is 15.0 Å². The number of benzene rings is 8. The molecule has 64 heavy (non-hydrogen) atoms. The van der Waals surface area contributed by atoms with Crippen LogP contribution in [0.5, 0.6) is 0 Å². The zero-order valence-corrected chi connectivity index (χ0v) is 37.1. The Morgan fingerprint density at radius 2 is 0.859 bits per heavy atom. The lowest BCUT2D eigenvalue weighted by Crippen LogP contribution is -2.11. The molecule has 310 valence electrons. The van der Waals surface area contributed by atoms with Gasteiger partial charge in [-0.1, -0.05) is 181 Å². The van der Waals surface area contributed by atoms with Crippen molar-refractivity contribution in [2.24, 2.45) is 0 Å². The Hall–Kier alpha value is -7.63. The number of hydrogen-bond donors (Lipinski definition) is 0. The van der Waals surface area contributed by atoms with Gasteiger partial charge in [0.15, 0.2) is 17.5 Å². The van der Waals surface area contributed by atoms with Gasteiger partial charge >= 0.3 is 0 Å². The summed E-state index contributed by atoms with van der Waals surface area (Å²) in [7, 11) is 0. The summed E-state index contributed by atoms with van der Waals surface area (Å²) in [6, 6.07) is 67.5. The van der Waals surface area contributed by atoms with Crippen molar-refractivity contribution in [2.75, 3.05) is 0 Å². The molecular formula is C59H49N5. The van der Waals surface area contributed by atoms with Crippen molar-refractivity contribution < 1.29 is 0 Å². The molecule has 5 nitrogen and oxygen atoms in total. The molecule has 0 unspecified atom stereocenters. The highest BCUT2D eigenvalue weighted by atomic mass is 15.1. The average molecular weight is 828 g/mol. The fourth-order valence-corrected chi connectivity index (χ4v) is 9.33. The van der Waals surface area contributed by atoms with Crippen molar-refractivity contribution in [3.63, 3.8) is 0 Å². The second kappa shape index (κ2) is 15.0. The molecule has 0 radical (unpaired) electrons. The molecule has 8 aromatic carbocycles. The van der Waals surface area contributed by atoms with Crippen LogP contribution < -0.4 is 0 Å². The number of fused-ring (bicyclic) bond motifs is 6. The zero-order valence-electron chi connectivity index (χ0n) is 37.1. The monoisotopic (exact) mass is 827 g/mol. The van der Waals surface area contributed by atoms with Gasteiger partial charge in [-0.15, -0.1) is 0 Å². The van der Waals surface area contributed by atoms with Crippen LogP contribution in [-0.4, -0.2) is 24.1 Å². The molecule has 0 aliphatic carbocycles. The van der Waals surface area contributed by atoms with Crippen LogP contribution in [0.2, 0.25) is 0 Å². The van der Waals surface area contributed by atoms with Crippen molar-refractivity contribution in [1.29, 1.82) is 0 Å². The highest BCUT2D eigenvalue weighted by Gasteiger charge is 2.25. The Morgan fingerprint density at radius 3 is 1.44 bits per heavy atom. The summed E-state index contributed by atoms with van der Waals surface area (Å²) in [5.41, 5.74) is 14.2. The molecule has 0 spiro atoms. The van der Waals surface area contributed by atoms with Gasteiger partial charge in [0.25, 0.3) is 0 Å². The smallest absolute Gasteiger partial charge is 0.166 e. The minimum Gasteiger partial charge on any atom is -0.309 e. The van der Waals surface area contributed by atoms with E-state index in [0.29, 0.717) is 17.5 Å². The molecule has 0 atom stereocenters. The molecule has 11 rings (SSSR count). The Kier molecular flexibility index (Phi) is 9.21. The Bertz CT molecular complexity index is 3420. The predicted octanol–water partition coefficient (Wildman–Crippen LogP) is 15.3. The number of nitrogens with zero attached hydrogens (tertiary/aromatic N) is 5. The number of aromatic nitrogens is 5. The van der Waals surface area contributed by atoms with Gasteiger partial charge in [0.1, 0.15) is 0 Å². The first kappa shape index (κ1) is 39.2. The van der Waals surface area contributed by atoms with Gasteiger partial charge in [-0.05, 0) is 81.6 Å². The fourth-order valence-electron chi connectivity index (χ4n) is 9.33. The maximum atomic E-state index is 5.39. The second-order valence-electron chi connectivity index (χ2n) is 19.0. The number of para-hydroxylation sites is 2. The van der Waals surface area contributed by atoms with Crippen molar-refractivity contribution in [3.05, 3.63) is 199 Å². The molecule has 0 fully saturated rings. The zero-order chi connectivity index (χ0) is 43.7. The first-order chi connectivity index (χ1) is 31.0. The summed E-state index contributed by atoms with van der Waals surface area (Å²) < 4.78 is 4.84. The molecule has 0 amide bonds. The highest BCUT2D eigenvalue weighted by molar-refractivity contribution is 6.16. The van der Waals surface area contributed by atoms with Gasteiger partial charge in [-0.2, -0.15) is 0 Å². The van der Waals surface area contributed by atoms with E-state index < -0.39 is 0 Å². The van der Waals surface area contributed by atoms with Crippen molar-refractivity contribution in [1.82, 2.24) is 24.1 Å². The van der Waals surface area contributed by atoms with E-state index in [-0.39, 0.29) is 10.8 Å². The highest BCUT2D eigenvalue weighted by Crippen LogP contribution is 2.43. The maximum Gasteiger partial charge on any atom is 0.166 e. The van der Waals surface area contributed by atoms with E-state index in [2.05, 4.69) is 202 Å². The Balaban J connectivity index is 1.26. The molecule has 0 aliphatic rings. The quantitative estimate of drug-likeness (QED) is 0.168. The largest absolute Gasteiger partial charge is 0.309 e. The van der Waals surface area contributed by atoms with Gasteiger partial charge in [0.05, 0.1) is 27.8 Å². The molecule has 5 heteroatoms. The summed E-state index contributed by atoms with van der Waals surface area (Å²) in [6.07, 6.45) is 0. The molecule has 0 aliphatic heterocycles. The summed E-state index contributed by atoms with van der Waals surface area (Å²) in [6.45, 7) is 13.7. The minimum atomic E-state index is -0.0558. The van der Waals surface area contributed by atoms with Crippen LogP contribution in [0.3, 0.4) is 0 Å². The van der Waals surface area contributed by atoms with Crippen molar-refractivity contribution in [3.8, 4) is 56.7 Å². The van der Waals surface area contributed by atoms with E-state index in [1.54, 1.807) is 0 Å². The fraction of sp³-hybridized carbons (Fsp3) is 0.136. The van der Waals surface area contributed by atoms with E-state index in [1.165, 1.54) is 38.2 Å². The number of hydrogen-bond acceptors (Lipinski definition) is 3. The van der Waals surface area contributed by atoms with Gasteiger partial charge in [0, 0.05) is 43.9 Å². The van der Waals surface area contributed by atoms with E-state index in [1.807, 2.05) is 36.4 Å². The standard InChI is InChI=1S/C59H49N5/c1-58(2,3)41-30-32-45-46-33-31-42(59(4,5)6)37-53(46)64(52(45)36-41)50-34-29-40(44-26-18-28-51-54(44)47-25-16-17-27-49(47)63(51)43-23-14-9-15-24-43)35-48(50)57-61-55(38-19-10-7-11-20-38)60-56(62-57)39-21-12-8-13-22-39/h7-37H,1-6H3. The SMILES string of the molecule is CC(C)(C)c1ccc2c3ccc(C(C)(C)C)cc3n(-c3ccc(-c4cccc5c4c4ccccc4n5-c4ccccc4)cc3-c3nc(-c4ccccc4)nc(-c4ccccc4)n3)c2c1. The van der Waals surface area contributed by atoms with Gasteiger partial charge in [-0.25, -0.2) is 15.0 Å². The Labute approximate surface area is 374 Å². The summed E-state index contributed by atoms with van der Waals surface area (Å²) in [4.78, 5) is 15.9. The van der Waals surface area contributed by atoms with Crippen LogP contribution in [-0.2, 0) is 10.8 Å². The molecule has 0 N–H and O–H groups in total. The first-order valence-electron chi connectivity index (χ1n) is 22.2. The third-order valence-electron chi connectivity index (χ3n) is 12.7. The first-order valence-corrected chi connectivity index (χ1v) is 22.2.